The molecule has 104 valence electrons. The summed E-state index contributed by atoms with van der Waals surface area (Å²) in [6, 6.07) is 0. The Kier molecular flexibility index (Phi) is 5.32. The van der Waals surface area contributed by atoms with Gasteiger partial charge in [0.05, 0.1) is 18.0 Å². The molecule has 2 saturated carbocycles. The van der Waals surface area contributed by atoms with Gasteiger partial charge in [-0.3, -0.25) is 4.52 Å². The number of rotatable bonds is 5. The van der Waals surface area contributed by atoms with E-state index in [1.165, 1.54) is 31.9 Å². The van der Waals surface area contributed by atoms with Gasteiger partial charge in [0.15, 0.2) is 0 Å². The smallest absolute Gasteiger partial charge is 0.381 e. The lowest BCUT2D eigenvalue weighted by Crippen LogP contribution is -2.22. The van der Waals surface area contributed by atoms with Crippen molar-refractivity contribution < 1.29 is 13.6 Å². The molecule has 0 aromatic carbocycles. The van der Waals surface area contributed by atoms with Gasteiger partial charge in [0.1, 0.15) is 0 Å². The van der Waals surface area contributed by atoms with E-state index in [4.69, 9.17) is 9.05 Å². The van der Waals surface area contributed by atoms with E-state index in [1.807, 2.05) is 0 Å². The molecule has 0 spiro atoms. The van der Waals surface area contributed by atoms with Crippen molar-refractivity contribution in [2.75, 3.05) is 0 Å². The molecule has 18 heavy (non-hydrogen) atoms. The Hall–Kier alpha value is -0.270. The van der Waals surface area contributed by atoms with Gasteiger partial charge in [-0.1, -0.05) is 45.1 Å². The summed E-state index contributed by atoms with van der Waals surface area (Å²) in [5.74, 6) is 0. The third-order valence-corrected chi connectivity index (χ3v) is 6.54. The van der Waals surface area contributed by atoms with Crippen LogP contribution in [0.4, 0.5) is 0 Å². The van der Waals surface area contributed by atoms with Crippen molar-refractivity contribution in [3.8, 4) is 0 Å². The molecule has 0 aromatic rings. The molecule has 4 heteroatoms. The fourth-order valence-electron chi connectivity index (χ4n) is 3.08. The molecule has 0 bridgehead atoms. The van der Waals surface area contributed by atoms with Gasteiger partial charge in [-0.05, 0) is 25.7 Å². The zero-order valence-corrected chi connectivity index (χ0v) is 12.1. The van der Waals surface area contributed by atoms with Gasteiger partial charge in [-0.2, -0.15) is 0 Å². The lowest BCUT2D eigenvalue weighted by atomic mass is 9.98. The highest BCUT2D eigenvalue weighted by atomic mass is 31.2. The Bertz CT molecular complexity index is 304. The van der Waals surface area contributed by atoms with Gasteiger partial charge in [-0.15, -0.1) is 0 Å². The van der Waals surface area contributed by atoms with Crippen molar-refractivity contribution in [1.82, 2.24) is 0 Å². The average Bonchev–Trinajstić information content (AvgIpc) is 2.41. The van der Waals surface area contributed by atoms with E-state index < -0.39 is 7.60 Å². The minimum Gasteiger partial charge on any atom is -0.433 e. The van der Waals surface area contributed by atoms with E-state index in [2.05, 4.69) is 6.58 Å². The molecule has 0 saturated heterocycles. The second kappa shape index (κ2) is 6.77. The molecule has 0 aliphatic heterocycles. The Balaban J connectivity index is 1.99. The maximum Gasteiger partial charge on any atom is 0.381 e. The summed E-state index contributed by atoms with van der Waals surface area (Å²) in [7, 11) is -2.98. The first-order valence-electron chi connectivity index (χ1n) is 7.32. The Morgan fingerprint density at radius 3 is 2.06 bits per heavy atom. The minimum atomic E-state index is -2.98. The minimum absolute atomic E-state index is 0.0891. The van der Waals surface area contributed by atoms with Gasteiger partial charge >= 0.3 is 7.60 Å². The molecule has 1 atom stereocenters. The first-order valence-corrected chi connectivity index (χ1v) is 8.93. The highest BCUT2D eigenvalue weighted by molar-refractivity contribution is 7.54. The van der Waals surface area contributed by atoms with Crippen molar-refractivity contribution >= 4 is 7.60 Å². The van der Waals surface area contributed by atoms with E-state index in [9.17, 15) is 4.57 Å². The maximum absolute atomic E-state index is 12.9. The summed E-state index contributed by atoms with van der Waals surface area (Å²) in [6.45, 7) is 3.56. The summed E-state index contributed by atoms with van der Waals surface area (Å²) in [6.07, 6.45) is 12.6. The Morgan fingerprint density at radius 2 is 1.50 bits per heavy atom. The molecule has 0 heterocycles. The zero-order valence-electron chi connectivity index (χ0n) is 11.2. The van der Waals surface area contributed by atoms with Gasteiger partial charge in [0.25, 0.3) is 0 Å². The van der Waals surface area contributed by atoms with Crippen LogP contribution in [0.3, 0.4) is 0 Å². The van der Waals surface area contributed by atoms with E-state index in [0.29, 0.717) is 0 Å². The van der Waals surface area contributed by atoms with E-state index in [-0.39, 0.29) is 11.8 Å². The molecule has 0 amide bonds. The molecule has 2 fully saturated rings. The van der Waals surface area contributed by atoms with E-state index in [0.717, 1.165) is 38.5 Å². The largest absolute Gasteiger partial charge is 0.433 e. The van der Waals surface area contributed by atoms with Crippen molar-refractivity contribution in [3.05, 3.63) is 12.8 Å². The summed E-state index contributed by atoms with van der Waals surface area (Å²) in [5, 5.41) is 0. The van der Waals surface area contributed by atoms with Crippen LogP contribution < -0.4 is 0 Å². The highest BCUT2D eigenvalue weighted by Crippen LogP contribution is 2.59. The zero-order chi connectivity index (χ0) is 12.8. The molecule has 1 unspecified atom stereocenters. The second-order valence-electron chi connectivity index (χ2n) is 5.47. The van der Waals surface area contributed by atoms with Crippen LogP contribution >= 0.6 is 7.60 Å². The molecule has 2 aliphatic rings. The van der Waals surface area contributed by atoms with E-state index >= 15 is 0 Å². The van der Waals surface area contributed by atoms with Crippen LogP contribution in [0, 0.1) is 0 Å². The predicted molar refractivity (Wildman–Crippen MR) is 73.7 cm³/mol. The predicted octanol–water partition coefficient (Wildman–Crippen LogP) is 5.02. The quantitative estimate of drug-likeness (QED) is 0.520. The van der Waals surface area contributed by atoms with Crippen molar-refractivity contribution in [1.29, 1.82) is 0 Å². The molecule has 2 rings (SSSR count). The molecule has 2 aliphatic carbocycles. The standard InChI is InChI=1S/C14H25O3P/c1-2-16-18(15,14-11-7-4-8-12-14)17-13-9-5-3-6-10-13/h2,13-14H,1,3-12H2. The molecular weight excluding hydrogens is 247 g/mol. The average molecular weight is 272 g/mol. The van der Waals surface area contributed by atoms with Gasteiger partial charge in [0, 0.05) is 0 Å². The van der Waals surface area contributed by atoms with Crippen molar-refractivity contribution in [3.63, 3.8) is 0 Å². The monoisotopic (exact) mass is 272 g/mol. The number of hydrogen-bond acceptors (Lipinski definition) is 3. The Labute approximate surface area is 110 Å². The van der Waals surface area contributed by atoms with Crippen LogP contribution in [0.5, 0.6) is 0 Å². The van der Waals surface area contributed by atoms with Crippen LogP contribution in [0.25, 0.3) is 0 Å². The van der Waals surface area contributed by atoms with Crippen LogP contribution in [0.15, 0.2) is 12.8 Å². The van der Waals surface area contributed by atoms with Crippen molar-refractivity contribution in [2.24, 2.45) is 0 Å². The summed E-state index contributed by atoms with van der Waals surface area (Å²) in [4.78, 5) is 0. The van der Waals surface area contributed by atoms with Crippen LogP contribution in [0.2, 0.25) is 0 Å². The molecular formula is C14H25O3P. The molecule has 0 N–H and O–H groups in total. The third-order valence-electron chi connectivity index (χ3n) is 4.09. The third kappa shape index (κ3) is 3.61. The maximum atomic E-state index is 12.9. The van der Waals surface area contributed by atoms with Crippen LogP contribution in [0.1, 0.15) is 64.2 Å². The first-order chi connectivity index (χ1) is 8.74. The normalized spacial score (nSPS) is 26.4. The van der Waals surface area contributed by atoms with Gasteiger partial charge in [0.2, 0.25) is 0 Å². The molecule has 0 radical (unpaired) electrons. The molecule has 3 nitrogen and oxygen atoms in total. The van der Waals surface area contributed by atoms with E-state index in [1.54, 1.807) is 0 Å². The number of hydrogen-bond donors (Lipinski definition) is 0. The second-order valence-corrected chi connectivity index (χ2v) is 7.70. The fraction of sp³-hybridized carbons (Fsp3) is 0.857. The van der Waals surface area contributed by atoms with Gasteiger partial charge < -0.3 is 4.52 Å². The lowest BCUT2D eigenvalue weighted by Gasteiger charge is -2.32. The summed E-state index contributed by atoms with van der Waals surface area (Å²) >= 11 is 0. The first kappa shape index (κ1) is 14.1. The fourth-order valence-corrected chi connectivity index (χ4v) is 5.30. The summed E-state index contributed by atoms with van der Waals surface area (Å²) < 4.78 is 24.2. The molecule has 0 aromatic heterocycles. The Morgan fingerprint density at radius 1 is 0.944 bits per heavy atom. The summed E-state index contributed by atoms with van der Waals surface area (Å²) in [5.41, 5.74) is 0.0891. The van der Waals surface area contributed by atoms with Crippen molar-refractivity contribution in [2.45, 2.75) is 76.0 Å². The van der Waals surface area contributed by atoms with Crippen LogP contribution in [-0.2, 0) is 13.6 Å². The topological polar surface area (TPSA) is 35.5 Å². The SMILES string of the molecule is C=COP(=O)(OC1CCCCC1)C1CCCCC1. The van der Waals surface area contributed by atoms with Gasteiger partial charge in [-0.25, -0.2) is 4.57 Å². The lowest BCUT2D eigenvalue weighted by molar-refractivity contribution is 0.125. The highest BCUT2D eigenvalue weighted by Gasteiger charge is 2.39. The van der Waals surface area contributed by atoms with Crippen LogP contribution in [-0.4, -0.2) is 11.8 Å².